The molecule has 31 heavy (non-hydrogen) atoms. The van der Waals surface area contributed by atoms with E-state index in [0.29, 0.717) is 56.8 Å². The highest BCUT2D eigenvalue weighted by Crippen LogP contribution is 2.29. The lowest BCUT2D eigenvalue weighted by Crippen LogP contribution is -2.48. The van der Waals surface area contributed by atoms with Crippen LogP contribution in [0.15, 0.2) is 23.1 Å². The normalized spacial score (nSPS) is 18.8. The van der Waals surface area contributed by atoms with Crippen molar-refractivity contribution in [2.45, 2.75) is 44.0 Å². The lowest BCUT2D eigenvalue weighted by Gasteiger charge is -2.25. The third-order valence-corrected chi connectivity index (χ3v) is 7.37. The number of amides is 3. The highest BCUT2D eigenvalue weighted by Gasteiger charge is 2.30. The zero-order chi connectivity index (χ0) is 22.8. The van der Waals surface area contributed by atoms with Crippen molar-refractivity contribution in [3.8, 4) is 0 Å². The maximum atomic E-state index is 13.0. The van der Waals surface area contributed by atoms with Crippen LogP contribution in [0.25, 0.3) is 0 Å². The van der Waals surface area contributed by atoms with Gasteiger partial charge in [0.15, 0.2) is 0 Å². The van der Waals surface area contributed by atoms with Crippen LogP contribution in [-0.4, -0.2) is 74.7 Å². The number of carbonyl (C=O) groups is 3. The molecule has 2 fully saturated rings. The molecule has 2 saturated heterocycles. The largest absolute Gasteiger partial charge is 0.341 e. The lowest BCUT2D eigenvalue weighted by molar-refractivity contribution is -0.133. The Kier molecular flexibility index (Phi) is 7.00. The molecule has 0 spiro atoms. The van der Waals surface area contributed by atoms with Crippen LogP contribution in [0.1, 0.15) is 31.7 Å². The van der Waals surface area contributed by atoms with Crippen molar-refractivity contribution in [2.75, 3.05) is 37.6 Å². The first-order valence-corrected chi connectivity index (χ1v) is 11.9. The second-order valence-electron chi connectivity index (χ2n) is 7.91. The minimum absolute atomic E-state index is 0.0183. The summed E-state index contributed by atoms with van der Waals surface area (Å²) in [4.78, 5) is 41.3. The molecule has 0 unspecified atom stereocenters. The summed E-state index contributed by atoms with van der Waals surface area (Å²) in [6.07, 6.45) is 1.80. The first kappa shape index (κ1) is 23.2. The van der Waals surface area contributed by atoms with E-state index in [4.69, 9.17) is 0 Å². The zero-order valence-corrected chi connectivity index (χ0v) is 18.8. The van der Waals surface area contributed by atoms with Gasteiger partial charge in [0.05, 0.1) is 4.90 Å². The van der Waals surface area contributed by atoms with Gasteiger partial charge in [-0.05, 0) is 44.4 Å². The number of rotatable bonds is 5. The molecule has 2 aliphatic heterocycles. The summed E-state index contributed by atoms with van der Waals surface area (Å²) in [5.74, 6) is -0.512. The van der Waals surface area contributed by atoms with Gasteiger partial charge in [-0.25, -0.2) is 8.42 Å². The van der Waals surface area contributed by atoms with E-state index in [1.165, 1.54) is 17.9 Å². The van der Waals surface area contributed by atoms with Crippen LogP contribution in [0.2, 0.25) is 0 Å². The SMILES string of the molecule is [CH2][C@H](NS(=O)(=O)c1cccc(N2CCCC2=O)c1C)C(=O)N1CCCN(C(C)=O)CC1. The second-order valence-corrected chi connectivity index (χ2v) is 9.59. The zero-order valence-electron chi connectivity index (χ0n) is 18.0. The Morgan fingerprint density at radius 1 is 1.06 bits per heavy atom. The van der Waals surface area contributed by atoms with Crippen molar-refractivity contribution in [3.63, 3.8) is 0 Å². The van der Waals surface area contributed by atoms with Gasteiger partial charge in [-0.1, -0.05) is 6.07 Å². The van der Waals surface area contributed by atoms with Gasteiger partial charge in [-0.15, -0.1) is 0 Å². The molecular formula is C21H29N4O5S. The molecule has 1 radical (unpaired) electrons. The van der Waals surface area contributed by atoms with E-state index in [9.17, 15) is 22.8 Å². The highest BCUT2D eigenvalue weighted by molar-refractivity contribution is 7.89. The van der Waals surface area contributed by atoms with Crippen molar-refractivity contribution < 1.29 is 22.8 Å². The van der Waals surface area contributed by atoms with Crippen LogP contribution < -0.4 is 9.62 Å². The summed E-state index contributed by atoms with van der Waals surface area (Å²) < 4.78 is 28.4. The number of hydrogen-bond donors (Lipinski definition) is 1. The minimum atomic E-state index is -4.04. The molecule has 10 heteroatoms. The number of anilines is 1. The van der Waals surface area contributed by atoms with E-state index < -0.39 is 22.0 Å². The van der Waals surface area contributed by atoms with Crippen molar-refractivity contribution in [3.05, 3.63) is 30.7 Å². The molecule has 3 amide bonds. The van der Waals surface area contributed by atoms with E-state index in [0.717, 1.165) is 6.42 Å². The quantitative estimate of drug-likeness (QED) is 0.712. The van der Waals surface area contributed by atoms with Gasteiger partial charge >= 0.3 is 0 Å². The predicted molar refractivity (Wildman–Crippen MR) is 116 cm³/mol. The molecule has 1 N–H and O–H groups in total. The molecule has 0 aromatic heterocycles. The van der Waals surface area contributed by atoms with E-state index >= 15 is 0 Å². The summed E-state index contributed by atoms with van der Waals surface area (Å²) in [6.45, 7) is 9.16. The lowest BCUT2D eigenvalue weighted by atomic mass is 10.2. The van der Waals surface area contributed by atoms with Gasteiger partial charge in [0.1, 0.15) is 6.04 Å². The van der Waals surface area contributed by atoms with Gasteiger partial charge < -0.3 is 14.7 Å². The Labute approximate surface area is 183 Å². The third kappa shape index (κ3) is 5.07. The van der Waals surface area contributed by atoms with Crippen LogP contribution in [0.4, 0.5) is 5.69 Å². The summed E-state index contributed by atoms with van der Waals surface area (Å²) in [5.41, 5.74) is 1.02. The molecule has 0 aliphatic carbocycles. The van der Waals surface area contributed by atoms with Crippen molar-refractivity contribution in [2.24, 2.45) is 0 Å². The van der Waals surface area contributed by atoms with Crippen LogP contribution in [0, 0.1) is 13.8 Å². The van der Waals surface area contributed by atoms with Gasteiger partial charge in [0.25, 0.3) is 0 Å². The standard InChI is InChI=1S/C21H29N4O5S/c1-15-18(25-12-5-9-20(25)27)7-4-8-19(15)31(29,30)22-16(2)21(28)24-11-6-10-23(13-14-24)17(3)26/h4,7-8,16,22H,2,5-6,9-14H2,1,3H3/t16-/m0/s1. The number of nitrogens with one attached hydrogen (secondary N) is 1. The van der Waals surface area contributed by atoms with Crippen molar-refractivity contribution >= 4 is 33.4 Å². The van der Waals surface area contributed by atoms with Gasteiger partial charge in [0.2, 0.25) is 27.7 Å². The molecule has 0 saturated carbocycles. The number of benzene rings is 1. The summed E-state index contributed by atoms with van der Waals surface area (Å²) >= 11 is 0. The fourth-order valence-corrected chi connectivity index (χ4v) is 5.43. The predicted octanol–water partition coefficient (Wildman–Crippen LogP) is 0.684. The second kappa shape index (κ2) is 9.35. The van der Waals surface area contributed by atoms with Crippen molar-refractivity contribution in [1.29, 1.82) is 0 Å². The molecular weight excluding hydrogens is 420 g/mol. The van der Waals surface area contributed by atoms with Gasteiger partial charge in [-0.2, -0.15) is 4.72 Å². The van der Waals surface area contributed by atoms with Gasteiger partial charge in [-0.3, -0.25) is 14.4 Å². The maximum Gasteiger partial charge on any atom is 0.241 e. The van der Waals surface area contributed by atoms with Crippen LogP contribution in [-0.2, 0) is 24.4 Å². The smallest absolute Gasteiger partial charge is 0.241 e. The van der Waals surface area contributed by atoms with Crippen molar-refractivity contribution in [1.82, 2.24) is 14.5 Å². The fourth-order valence-electron chi connectivity index (χ4n) is 4.06. The molecule has 3 rings (SSSR count). The Morgan fingerprint density at radius 2 is 1.74 bits per heavy atom. The van der Waals surface area contributed by atoms with Crippen LogP contribution in [0.3, 0.4) is 0 Å². The molecule has 1 aromatic rings. The van der Waals surface area contributed by atoms with E-state index in [1.807, 2.05) is 0 Å². The molecule has 2 aliphatic rings. The fraction of sp³-hybridized carbons (Fsp3) is 0.524. The Balaban J connectivity index is 1.74. The number of carbonyl (C=O) groups excluding carboxylic acids is 3. The molecule has 0 bridgehead atoms. The van der Waals surface area contributed by atoms with Crippen LogP contribution in [0.5, 0.6) is 0 Å². The Bertz CT molecular complexity index is 978. The average Bonchev–Trinajstić information content (AvgIpc) is 2.98. The average molecular weight is 450 g/mol. The molecule has 1 atom stereocenters. The third-order valence-electron chi connectivity index (χ3n) is 5.76. The molecule has 2 heterocycles. The number of nitrogens with zero attached hydrogens (tertiary/aromatic N) is 3. The number of hydrogen-bond acceptors (Lipinski definition) is 5. The van der Waals surface area contributed by atoms with Gasteiger partial charge in [0, 0.05) is 51.8 Å². The molecule has 169 valence electrons. The first-order chi connectivity index (χ1) is 14.6. The van der Waals surface area contributed by atoms with Crippen LogP contribution >= 0.6 is 0 Å². The number of sulfonamides is 1. The van der Waals surface area contributed by atoms with E-state index in [2.05, 4.69) is 11.6 Å². The minimum Gasteiger partial charge on any atom is -0.341 e. The monoisotopic (exact) mass is 449 g/mol. The first-order valence-electron chi connectivity index (χ1n) is 10.4. The Morgan fingerprint density at radius 3 is 2.39 bits per heavy atom. The maximum absolute atomic E-state index is 13.0. The summed E-state index contributed by atoms with van der Waals surface area (Å²) in [7, 11) is -4.04. The summed E-state index contributed by atoms with van der Waals surface area (Å²) in [6, 6.07) is 3.57. The van der Waals surface area contributed by atoms with E-state index in [-0.39, 0.29) is 16.7 Å². The topological polar surface area (TPSA) is 107 Å². The van der Waals surface area contributed by atoms with E-state index in [1.54, 1.807) is 28.9 Å². The Hall–Kier alpha value is -2.46. The highest BCUT2D eigenvalue weighted by atomic mass is 32.2. The summed E-state index contributed by atoms with van der Waals surface area (Å²) in [5, 5.41) is 0. The molecule has 9 nitrogen and oxygen atoms in total. The molecule has 1 aromatic carbocycles.